The summed E-state index contributed by atoms with van der Waals surface area (Å²) in [6.07, 6.45) is 7.06. The molecule has 0 spiro atoms. The Bertz CT molecular complexity index is 1350. The molecule has 6 rings (SSSR count). The highest BCUT2D eigenvalue weighted by atomic mass is 16.5. The Morgan fingerprint density at radius 3 is 2.67 bits per heavy atom. The molecule has 2 atom stereocenters. The van der Waals surface area contributed by atoms with E-state index in [2.05, 4.69) is 46.0 Å². The number of nitrogens with zero attached hydrogens (tertiary/aromatic N) is 4. The third-order valence-electron chi connectivity index (χ3n) is 9.35. The van der Waals surface area contributed by atoms with Crippen molar-refractivity contribution in [2.24, 2.45) is 5.92 Å². The number of likely N-dealkylation sites (N-methyl/N-ethyl adjacent to an activating group) is 1. The van der Waals surface area contributed by atoms with Gasteiger partial charge in [-0.1, -0.05) is 6.92 Å². The Morgan fingerprint density at radius 1 is 1.10 bits per heavy atom. The van der Waals surface area contributed by atoms with Crippen LogP contribution in [0.2, 0.25) is 0 Å². The number of Topliss-reactive ketones (excluding diaryl/α,β-unsaturated/α-hetero) is 1. The Balaban J connectivity index is 1.31. The summed E-state index contributed by atoms with van der Waals surface area (Å²) >= 11 is 0. The summed E-state index contributed by atoms with van der Waals surface area (Å²) in [6.45, 7) is 9.47. The number of ether oxygens (including phenoxy) is 2. The summed E-state index contributed by atoms with van der Waals surface area (Å²) in [5, 5.41) is 3.14. The molecular formula is C33H43N5O4. The van der Waals surface area contributed by atoms with Crippen LogP contribution in [-0.4, -0.2) is 87.2 Å². The largest absolute Gasteiger partial charge is 0.489 e. The van der Waals surface area contributed by atoms with Crippen LogP contribution in [0.5, 0.6) is 5.75 Å². The van der Waals surface area contributed by atoms with Gasteiger partial charge < -0.3 is 29.5 Å². The van der Waals surface area contributed by atoms with Gasteiger partial charge in [0, 0.05) is 50.2 Å². The molecule has 1 aromatic heterocycles. The first-order valence-corrected chi connectivity index (χ1v) is 15.5. The summed E-state index contributed by atoms with van der Waals surface area (Å²) in [4.78, 5) is 38.4. The van der Waals surface area contributed by atoms with Gasteiger partial charge in [-0.25, -0.2) is 4.98 Å². The van der Waals surface area contributed by atoms with Crippen LogP contribution in [0.25, 0.3) is 11.1 Å². The fourth-order valence-electron chi connectivity index (χ4n) is 6.78. The number of carbonyl (C=O) groups is 2. The molecule has 9 heteroatoms. The molecule has 1 fully saturated rings. The van der Waals surface area contributed by atoms with E-state index in [0.29, 0.717) is 50.3 Å². The zero-order chi connectivity index (χ0) is 29.2. The maximum atomic E-state index is 13.9. The molecule has 2 aromatic rings. The van der Waals surface area contributed by atoms with Crippen LogP contribution in [0.15, 0.2) is 41.7 Å². The lowest BCUT2D eigenvalue weighted by Crippen LogP contribution is -2.44. The predicted molar refractivity (Wildman–Crippen MR) is 164 cm³/mol. The maximum absolute atomic E-state index is 13.9. The van der Waals surface area contributed by atoms with Gasteiger partial charge in [0.25, 0.3) is 5.91 Å². The van der Waals surface area contributed by atoms with Crippen molar-refractivity contribution < 1.29 is 19.1 Å². The average molecular weight is 574 g/mol. The Labute approximate surface area is 248 Å². The van der Waals surface area contributed by atoms with E-state index in [-0.39, 0.29) is 17.6 Å². The van der Waals surface area contributed by atoms with Crippen molar-refractivity contribution in [2.75, 3.05) is 69.4 Å². The lowest BCUT2D eigenvalue weighted by molar-refractivity contribution is -0.123. The third-order valence-corrected chi connectivity index (χ3v) is 9.35. The normalized spacial score (nSPS) is 21.5. The van der Waals surface area contributed by atoms with Crippen LogP contribution in [0.4, 0.5) is 11.5 Å². The first kappa shape index (κ1) is 28.5. The molecule has 1 aromatic carbocycles. The van der Waals surface area contributed by atoms with Crippen LogP contribution in [0.3, 0.4) is 0 Å². The number of aromatic nitrogens is 1. The molecule has 42 heavy (non-hydrogen) atoms. The number of amides is 1. The molecule has 1 N–H and O–H groups in total. The van der Waals surface area contributed by atoms with Gasteiger partial charge in [-0.2, -0.15) is 0 Å². The number of nitrogens with one attached hydrogen (secondary N) is 1. The van der Waals surface area contributed by atoms with Crippen molar-refractivity contribution in [1.82, 2.24) is 15.2 Å². The number of carbonyl (C=O) groups excluding carboxylic acids is 2. The molecule has 1 aliphatic carbocycles. The SMILES string of the molecule is CCC(C)N1CCOc2c(C(=O)NCC3C(=O)CN(C)C4=C3CCCC4)cc(-c3ccc(N4CCOCC4)nc3)cc21. The van der Waals surface area contributed by atoms with E-state index in [9.17, 15) is 9.59 Å². The molecule has 2 unspecified atom stereocenters. The standard InChI is InChI=1S/C33H43N5O4/c1-4-22(2)38-13-16-42-32-26(33(40)35-20-27-25-7-5-6-8-28(25)36(3)21-30(27)39)17-24(18-29(32)38)23-9-10-31(34-19-23)37-11-14-41-15-12-37/h9-10,17-19,22,27H,4-8,11-16,20-21H2,1-3H3,(H,35,40). The summed E-state index contributed by atoms with van der Waals surface area (Å²) in [5.74, 6) is 1.27. The number of benzene rings is 1. The number of anilines is 2. The molecule has 224 valence electrons. The lowest BCUT2D eigenvalue weighted by atomic mass is 9.81. The van der Waals surface area contributed by atoms with Crippen molar-refractivity contribution in [3.8, 4) is 16.9 Å². The highest BCUT2D eigenvalue weighted by Crippen LogP contribution is 2.41. The quantitative estimate of drug-likeness (QED) is 0.526. The van der Waals surface area contributed by atoms with E-state index < -0.39 is 0 Å². The van der Waals surface area contributed by atoms with Gasteiger partial charge in [-0.05, 0) is 74.4 Å². The van der Waals surface area contributed by atoms with Crippen LogP contribution < -0.4 is 19.9 Å². The minimum absolute atomic E-state index is 0.180. The van der Waals surface area contributed by atoms with E-state index >= 15 is 0 Å². The molecule has 4 aliphatic rings. The number of fused-ring (bicyclic) bond motifs is 1. The monoisotopic (exact) mass is 573 g/mol. The average Bonchev–Trinajstić information content (AvgIpc) is 3.04. The van der Waals surface area contributed by atoms with Gasteiger partial charge in [-0.3, -0.25) is 9.59 Å². The number of ketones is 1. The molecule has 0 radical (unpaired) electrons. The Hall–Kier alpha value is -3.59. The van der Waals surface area contributed by atoms with Crippen molar-refractivity contribution in [1.29, 1.82) is 0 Å². The second-order valence-electron chi connectivity index (χ2n) is 11.9. The fraction of sp³-hybridized carbons (Fsp3) is 0.545. The van der Waals surface area contributed by atoms with E-state index in [1.807, 2.05) is 25.4 Å². The lowest BCUT2D eigenvalue weighted by Gasteiger charge is -2.38. The van der Waals surface area contributed by atoms with Crippen molar-refractivity contribution in [2.45, 2.75) is 52.0 Å². The second kappa shape index (κ2) is 12.3. The molecule has 0 bridgehead atoms. The number of rotatable bonds is 7. The molecule has 1 amide bonds. The smallest absolute Gasteiger partial charge is 0.255 e. The highest BCUT2D eigenvalue weighted by Gasteiger charge is 2.35. The first-order valence-electron chi connectivity index (χ1n) is 15.5. The second-order valence-corrected chi connectivity index (χ2v) is 11.9. The predicted octanol–water partition coefficient (Wildman–Crippen LogP) is 4.27. The first-order chi connectivity index (χ1) is 20.4. The summed E-state index contributed by atoms with van der Waals surface area (Å²) in [6, 6.07) is 8.47. The Kier molecular flexibility index (Phi) is 8.38. The number of pyridine rings is 1. The third kappa shape index (κ3) is 5.59. The molecular weight excluding hydrogens is 530 g/mol. The number of hydrogen-bond donors (Lipinski definition) is 1. The van der Waals surface area contributed by atoms with E-state index in [0.717, 1.165) is 74.4 Å². The van der Waals surface area contributed by atoms with E-state index in [1.54, 1.807) is 0 Å². The van der Waals surface area contributed by atoms with Crippen molar-refractivity contribution in [3.63, 3.8) is 0 Å². The molecule has 1 saturated heterocycles. The van der Waals surface area contributed by atoms with Gasteiger partial charge in [0.2, 0.25) is 0 Å². The molecule has 9 nitrogen and oxygen atoms in total. The fourth-order valence-corrected chi connectivity index (χ4v) is 6.78. The van der Waals surface area contributed by atoms with Gasteiger partial charge in [-0.15, -0.1) is 0 Å². The highest BCUT2D eigenvalue weighted by molar-refractivity contribution is 6.01. The van der Waals surface area contributed by atoms with Crippen LogP contribution >= 0.6 is 0 Å². The van der Waals surface area contributed by atoms with Gasteiger partial charge in [0.05, 0.1) is 43.5 Å². The van der Waals surface area contributed by atoms with Crippen LogP contribution in [0.1, 0.15) is 56.3 Å². The number of allylic oxidation sites excluding steroid dienone is 1. The minimum atomic E-state index is -0.256. The molecule has 0 saturated carbocycles. The van der Waals surface area contributed by atoms with Gasteiger partial charge >= 0.3 is 0 Å². The zero-order valence-electron chi connectivity index (χ0n) is 25.2. The molecule has 4 heterocycles. The molecule has 3 aliphatic heterocycles. The van der Waals surface area contributed by atoms with Gasteiger partial charge in [0.1, 0.15) is 12.4 Å². The van der Waals surface area contributed by atoms with Crippen LogP contribution in [0, 0.1) is 5.92 Å². The summed E-state index contributed by atoms with van der Waals surface area (Å²) in [5.41, 5.74) is 5.81. The summed E-state index contributed by atoms with van der Waals surface area (Å²) < 4.78 is 11.7. The topological polar surface area (TPSA) is 87.2 Å². The number of hydrogen-bond acceptors (Lipinski definition) is 8. The number of morpholine rings is 1. The van der Waals surface area contributed by atoms with E-state index in [4.69, 9.17) is 14.5 Å². The van der Waals surface area contributed by atoms with Crippen molar-refractivity contribution >= 4 is 23.2 Å². The summed E-state index contributed by atoms with van der Waals surface area (Å²) in [7, 11) is 2.01. The van der Waals surface area contributed by atoms with E-state index in [1.165, 1.54) is 11.3 Å². The zero-order valence-corrected chi connectivity index (χ0v) is 25.2. The Morgan fingerprint density at radius 2 is 1.90 bits per heavy atom. The van der Waals surface area contributed by atoms with Crippen molar-refractivity contribution in [3.05, 3.63) is 47.3 Å². The van der Waals surface area contributed by atoms with Gasteiger partial charge in [0.15, 0.2) is 11.5 Å². The maximum Gasteiger partial charge on any atom is 0.255 e. The van der Waals surface area contributed by atoms with Crippen LogP contribution in [-0.2, 0) is 9.53 Å². The minimum Gasteiger partial charge on any atom is -0.489 e.